The largest absolute Gasteiger partial charge is 0.508 e. The van der Waals surface area contributed by atoms with Gasteiger partial charge in [-0.05, 0) is 20.0 Å². The van der Waals surface area contributed by atoms with Crippen LogP contribution in [0.25, 0.3) is 16.7 Å². The van der Waals surface area contributed by atoms with Crippen molar-refractivity contribution in [3.05, 3.63) is 40.4 Å². The predicted octanol–water partition coefficient (Wildman–Crippen LogP) is 2.37. The van der Waals surface area contributed by atoms with Gasteiger partial charge in [0.1, 0.15) is 18.1 Å². The Hall–Kier alpha value is -2.54. The number of likely N-dealkylation sites (N-methyl/N-ethyl adjacent to an activating group) is 1. The van der Waals surface area contributed by atoms with Crippen molar-refractivity contribution in [2.75, 3.05) is 44.7 Å². The van der Waals surface area contributed by atoms with Crippen LogP contribution in [0.2, 0.25) is 0 Å². The molecule has 2 aliphatic rings. The van der Waals surface area contributed by atoms with Crippen molar-refractivity contribution in [2.45, 2.75) is 13.0 Å². The van der Waals surface area contributed by atoms with E-state index in [-0.39, 0.29) is 22.8 Å². The van der Waals surface area contributed by atoms with Crippen molar-refractivity contribution in [3.8, 4) is 5.75 Å². The maximum Gasteiger partial charge on any atom is 0.200 e. The maximum absolute atomic E-state index is 15.0. The van der Waals surface area contributed by atoms with Crippen molar-refractivity contribution in [2.24, 2.45) is 0 Å². The van der Waals surface area contributed by atoms with Crippen molar-refractivity contribution in [1.29, 1.82) is 0 Å². The average molecular weight is 359 g/mol. The molecule has 0 radical (unpaired) electrons. The standard InChI is InChI=1S/C19H22FN3O3/c1-11-10-26-19-16-13(18(25)14(12(2)24)9-23(11)16)8-15(20)17(19)22-6-4-21(3)5-7-22/h8-9,11,24H,2,4-7,10H2,1,3H3/t11-/m0/s1. The number of ether oxygens (including phenoxy) is 1. The molecule has 4 rings (SSSR count). The SMILES string of the molecule is C=C(O)c1cn2c3c(c(N4CCN(C)CC4)c(F)cc3c1=O)OC[C@@H]2C. The molecule has 2 aliphatic heterocycles. The highest BCUT2D eigenvalue weighted by Crippen LogP contribution is 2.42. The summed E-state index contributed by atoms with van der Waals surface area (Å²) in [6.07, 6.45) is 1.59. The Balaban J connectivity index is 2.00. The van der Waals surface area contributed by atoms with Gasteiger partial charge in [0.25, 0.3) is 0 Å². The summed E-state index contributed by atoms with van der Waals surface area (Å²) in [7, 11) is 2.04. The van der Waals surface area contributed by atoms with Gasteiger partial charge in [0.2, 0.25) is 5.43 Å². The van der Waals surface area contributed by atoms with Crippen LogP contribution >= 0.6 is 0 Å². The van der Waals surface area contributed by atoms with E-state index in [1.807, 2.05) is 23.4 Å². The Bertz CT molecular complexity index is 961. The van der Waals surface area contributed by atoms with E-state index in [9.17, 15) is 9.90 Å². The number of halogens is 1. The summed E-state index contributed by atoms with van der Waals surface area (Å²) in [5, 5.41) is 9.97. The number of hydrogen-bond donors (Lipinski definition) is 1. The molecule has 1 aromatic heterocycles. The molecule has 138 valence electrons. The Kier molecular flexibility index (Phi) is 3.91. The summed E-state index contributed by atoms with van der Waals surface area (Å²) in [4.78, 5) is 16.9. The molecule has 7 heteroatoms. The summed E-state index contributed by atoms with van der Waals surface area (Å²) in [6, 6.07) is 1.22. The fourth-order valence-electron chi connectivity index (χ4n) is 3.74. The molecule has 3 heterocycles. The molecule has 1 saturated heterocycles. The Morgan fingerprint density at radius 1 is 1.35 bits per heavy atom. The second kappa shape index (κ2) is 6.02. The normalized spacial score (nSPS) is 20.3. The first-order valence-corrected chi connectivity index (χ1v) is 8.74. The number of aliphatic hydroxyl groups excluding tert-OH is 1. The first kappa shape index (κ1) is 16.9. The van der Waals surface area contributed by atoms with Crippen LogP contribution in [0.4, 0.5) is 10.1 Å². The minimum atomic E-state index is -0.476. The van der Waals surface area contributed by atoms with Gasteiger partial charge >= 0.3 is 0 Å². The minimum absolute atomic E-state index is 0.0468. The summed E-state index contributed by atoms with van der Waals surface area (Å²) in [5.41, 5.74) is 0.644. The molecule has 26 heavy (non-hydrogen) atoms. The number of piperazine rings is 1. The first-order valence-electron chi connectivity index (χ1n) is 8.74. The molecule has 0 aliphatic carbocycles. The molecule has 0 bridgehead atoms. The van der Waals surface area contributed by atoms with Gasteiger partial charge in [-0.25, -0.2) is 4.39 Å². The van der Waals surface area contributed by atoms with Crippen LogP contribution in [0.5, 0.6) is 5.75 Å². The number of hydrogen-bond acceptors (Lipinski definition) is 5. The van der Waals surface area contributed by atoms with Gasteiger partial charge in [-0.2, -0.15) is 0 Å². The predicted molar refractivity (Wildman–Crippen MR) is 99.7 cm³/mol. The lowest BCUT2D eigenvalue weighted by Gasteiger charge is -2.37. The van der Waals surface area contributed by atoms with Crippen molar-refractivity contribution >= 4 is 22.3 Å². The van der Waals surface area contributed by atoms with Crippen LogP contribution in [-0.2, 0) is 0 Å². The number of nitrogens with zero attached hydrogens (tertiary/aromatic N) is 3. The van der Waals surface area contributed by atoms with E-state index >= 15 is 4.39 Å². The quantitative estimate of drug-likeness (QED) is 0.835. The monoisotopic (exact) mass is 359 g/mol. The Morgan fingerprint density at radius 3 is 2.69 bits per heavy atom. The lowest BCUT2D eigenvalue weighted by molar-refractivity contribution is 0.245. The van der Waals surface area contributed by atoms with Gasteiger partial charge in [0.05, 0.1) is 22.5 Å². The molecule has 0 amide bonds. The van der Waals surface area contributed by atoms with E-state index in [1.54, 1.807) is 6.20 Å². The highest BCUT2D eigenvalue weighted by Gasteiger charge is 2.30. The molecule has 1 aromatic carbocycles. The number of aliphatic hydroxyl groups is 1. The Morgan fingerprint density at radius 2 is 2.04 bits per heavy atom. The van der Waals surface area contributed by atoms with Gasteiger partial charge in [-0.15, -0.1) is 0 Å². The summed E-state index contributed by atoms with van der Waals surface area (Å²) < 4.78 is 22.8. The molecule has 1 atom stereocenters. The smallest absolute Gasteiger partial charge is 0.200 e. The zero-order valence-electron chi connectivity index (χ0n) is 15.0. The average Bonchev–Trinajstić information content (AvgIpc) is 2.60. The summed E-state index contributed by atoms with van der Waals surface area (Å²) >= 11 is 0. The first-order chi connectivity index (χ1) is 12.4. The summed E-state index contributed by atoms with van der Waals surface area (Å²) in [6.45, 7) is 8.84. The van der Waals surface area contributed by atoms with Crippen LogP contribution in [0.3, 0.4) is 0 Å². The van der Waals surface area contributed by atoms with Crippen LogP contribution in [0.1, 0.15) is 18.5 Å². The van der Waals surface area contributed by atoms with Crippen LogP contribution in [0.15, 0.2) is 23.6 Å². The molecule has 0 spiro atoms. The number of pyridine rings is 1. The number of anilines is 1. The maximum atomic E-state index is 15.0. The minimum Gasteiger partial charge on any atom is -0.508 e. The second-order valence-corrected chi connectivity index (χ2v) is 7.11. The highest BCUT2D eigenvalue weighted by molar-refractivity contribution is 5.93. The van der Waals surface area contributed by atoms with E-state index in [1.165, 1.54) is 6.07 Å². The lowest BCUT2D eigenvalue weighted by Crippen LogP contribution is -2.45. The lowest BCUT2D eigenvalue weighted by atomic mass is 10.0. The third kappa shape index (κ3) is 2.46. The molecular formula is C19H22FN3O3. The third-order valence-corrected chi connectivity index (χ3v) is 5.27. The third-order valence-electron chi connectivity index (χ3n) is 5.27. The van der Waals surface area contributed by atoms with Gasteiger partial charge < -0.3 is 24.2 Å². The van der Waals surface area contributed by atoms with E-state index in [4.69, 9.17) is 4.74 Å². The van der Waals surface area contributed by atoms with Crippen molar-refractivity contribution < 1.29 is 14.2 Å². The van der Waals surface area contributed by atoms with E-state index in [2.05, 4.69) is 11.5 Å². The summed E-state index contributed by atoms with van der Waals surface area (Å²) in [5.74, 6) is -0.379. The zero-order chi connectivity index (χ0) is 18.6. The molecular weight excluding hydrogens is 337 g/mol. The van der Waals surface area contributed by atoms with Crippen LogP contribution < -0.4 is 15.1 Å². The molecule has 1 fully saturated rings. The fraction of sp³-hybridized carbons (Fsp3) is 0.421. The molecule has 6 nitrogen and oxygen atoms in total. The molecule has 0 unspecified atom stereocenters. The Labute approximate surface area is 150 Å². The van der Waals surface area contributed by atoms with Gasteiger partial charge in [-0.3, -0.25) is 4.79 Å². The van der Waals surface area contributed by atoms with Gasteiger partial charge in [0.15, 0.2) is 11.6 Å². The van der Waals surface area contributed by atoms with Gasteiger partial charge in [0, 0.05) is 32.4 Å². The molecule has 0 saturated carbocycles. The van der Waals surface area contributed by atoms with E-state index < -0.39 is 11.2 Å². The second-order valence-electron chi connectivity index (χ2n) is 7.11. The number of rotatable bonds is 2. The van der Waals surface area contributed by atoms with Gasteiger partial charge in [-0.1, -0.05) is 6.58 Å². The van der Waals surface area contributed by atoms with Crippen LogP contribution in [-0.4, -0.2) is 54.4 Å². The molecule has 2 aromatic rings. The highest BCUT2D eigenvalue weighted by atomic mass is 19.1. The molecule has 1 N–H and O–H groups in total. The van der Waals surface area contributed by atoms with Crippen molar-refractivity contribution in [1.82, 2.24) is 9.47 Å². The van der Waals surface area contributed by atoms with E-state index in [0.29, 0.717) is 36.6 Å². The fourth-order valence-corrected chi connectivity index (χ4v) is 3.74. The van der Waals surface area contributed by atoms with Crippen molar-refractivity contribution in [3.63, 3.8) is 0 Å². The number of benzene rings is 1. The van der Waals surface area contributed by atoms with E-state index in [0.717, 1.165) is 13.1 Å². The zero-order valence-corrected chi connectivity index (χ0v) is 15.0. The van der Waals surface area contributed by atoms with Crippen LogP contribution in [0, 0.1) is 5.82 Å². The topological polar surface area (TPSA) is 57.9 Å². The number of aromatic nitrogens is 1.